The summed E-state index contributed by atoms with van der Waals surface area (Å²) >= 11 is 0. The standard InChI is InChI=1S/C17H14N4O3/c1-9-13-14-12(8-18-15(13)20(2)19-9)16(22)21(17(14)23)10-4-6-11(24-3)7-5-10/h4-8H,1-3H3. The van der Waals surface area contributed by atoms with Crippen LogP contribution in [-0.4, -0.2) is 33.7 Å². The zero-order chi connectivity index (χ0) is 17.0. The predicted molar refractivity (Wildman–Crippen MR) is 87.4 cm³/mol. The number of imide groups is 1. The van der Waals surface area contributed by atoms with E-state index in [0.29, 0.717) is 39.3 Å². The lowest BCUT2D eigenvalue weighted by Gasteiger charge is -2.14. The molecule has 3 heterocycles. The predicted octanol–water partition coefficient (Wildman–Crippen LogP) is 2.09. The highest BCUT2D eigenvalue weighted by Crippen LogP contribution is 2.34. The van der Waals surface area contributed by atoms with Crippen molar-refractivity contribution in [3.8, 4) is 5.75 Å². The number of carbonyl (C=O) groups is 2. The van der Waals surface area contributed by atoms with Crippen LogP contribution in [0.15, 0.2) is 30.5 Å². The van der Waals surface area contributed by atoms with Crippen LogP contribution in [0.3, 0.4) is 0 Å². The summed E-state index contributed by atoms with van der Waals surface area (Å²) in [6, 6.07) is 6.78. The molecular formula is C17H14N4O3. The van der Waals surface area contributed by atoms with E-state index in [1.165, 1.54) is 6.20 Å². The molecule has 7 nitrogen and oxygen atoms in total. The van der Waals surface area contributed by atoms with Gasteiger partial charge in [-0.25, -0.2) is 9.88 Å². The van der Waals surface area contributed by atoms with Crippen LogP contribution in [0.25, 0.3) is 11.0 Å². The second-order valence-electron chi connectivity index (χ2n) is 5.60. The number of rotatable bonds is 2. The van der Waals surface area contributed by atoms with Gasteiger partial charge in [0.25, 0.3) is 11.8 Å². The van der Waals surface area contributed by atoms with Gasteiger partial charge in [-0.1, -0.05) is 0 Å². The van der Waals surface area contributed by atoms with Crippen LogP contribution in [0, 0.1) is 6.92 Å². The minimum Gasteiger partial charge on any atom is -0.497 e. The maximum Gasteiger partial charge on any atom is 0.267 e. The number of aryl methyl sites for hydroxylation is 2. The molecule has 1 aliphatic rings. The summed E-state index contributed by atoms with van der Waals surface area (Å²) in [5.41, 5.74) is 2.43. The highest BCUT2D eigenvalue weighted by molar-refractivity contribution is 6.37. The first-order valence-electron chi connectivity index (χ1n) is 7.38. The van der Waals surface area contributed by atoms with Crippen molar-refractivity contribution in [1.82, 2.24) is 14.8 Å². The molecule has 0 spiro atoms. The number of nitrogens with zero attached hydrogens (tertiary/aromatic N) is 4. The molecule has 0 aliphatic carbocycles. The minimum absolute atomic E-state index is 0.305. The third kappa shape index (κ3) is 1.78. The Morgan fingerprint density at radius 3 is 2.46 bits per heavy atom. The Bertz CT molecular complexity index is 1000. The summed E-state index contributed by atoms with van der Waals surface area (Å²) in [6.45, 7) is 1.80. The Morgan fingerprint density at radius 1 is 1.08 bits per heavy atom. The molecule has 0 unspecified atom stereocenters. The van der Waals surface area contributed by atoms with Crippen LogP contribution in [0.2, 0.25) is 0 Å². The molecule has 0 bridgehead atoms. The van der Waals surface area contributed by atoms with E-state index in [-0.39, 0.29) is 11.8 Å². The number of carbonyl (C=O) groups excluding carboxylic acids is 2. The van der Waals surface area contributed by atoms with Gasteiger partial charge in [0.1, 0.15) is 5.75 Å². The molecule has 120 valence electrons. The first-order chi connectivity index (χ1) is 11.5. The van der Waals surface area contributed by atoms with Crippen LogP contribution in [0.5, 0.6) is 5.75 Å². The Morgan fingerprint density at radius 2 is 1.79 bits per heavy atom. The molecule has 1 aliphatic heterocycles. The first kappa shape index (κ1) is 14.4. The summed E-state index contributed by atoms with van der Waals surface area (Å²) in [6.07, 6.45) is 1.45. The SMILES string of the molecule is COc1ccc(N2C(=O)c3cnc4c(c(C)nn4C)c3C2=O)cc1. The van der Waals surface area contributed by atoms with Crippen molar-refractivity contribution in [2.75, 3.05) is 12.0 Å². The van der Waals surface area contributed by atoms with Gasteiger partial charge in [-0.15, -0.1) is 0 Å². The maximum absolute atomic E-state index is 12.9. The number of amides is 2. The van der Waals surface area contributed by atoms with Gasteiger partial charge in [-0.05, 0) is 31.2 Å². The van der Waals surface area contributed by atoms with E-state index < -0.39 is 0 Å². The quantitative estimate of drug-likeness (QED) is 0.675. The van der Waals surface area contributed by atoms with Crippen molar-refractivity contribution in [1.29, 1.82) is 0 Å². The molecule has 2 aromatic heterocycles. The number of benzene rings is 1. The molecular weight excluding hydrogens is 308 g/mol. The fourth-order valence-electron chi connectivity index (χ4n) is 3.09. The molecule has 4 rings (SSSR count). The van der Waals surface area contributed by atoms with Crippen molar-refractivity contribution < 1.29 is 14.3 Å². The monoisotopic (exact) mass is 322 g/mol. The van der Waals surface area contributed by atoms with Crippen molar-refractivity contribution in [3.05, 3.63) is 47.3 Å². The van der Waals surface area contributed by atoms with Crippen LogP contribution in [-0.2, 0) is 7.05 Å². The van der Waals surface area contributed by atoms with Crippen molar-refractivity contribution in [2.24, 2.45) is 7.05 Å². The number of hydrogen-bond donors (Lipinski definition) is 0. The number of methoxy groups -OCH3 is 1. The molecule has 0 saturated carbocycles. The van der Waals surface area contributed by atoms with Crippen LogP contribution in [0.1, 0.15) is 26.4 Å². The summed E-state index contributed by atoms with van der Waals surface area (Å²) in [7, 11) is 3.32. The zero-order valence-electron chi connectivity index (χ0n) is 13.4. The minimum atomic E-state index is -0.377. The molecule has 1 aromatic carbocycles. The largest absolute Gasteiger partial charge is 0.497 e. The van der Waals surface area contributed by atoms with Gasteiger partial charge in [-0.3, -0.25) is 14.3 Å². The molecule has 3 aromatic rings. The Balaban J connectivity index is 1.90. The van der Waals surface area contributed by atoms with Crippen LogP contribution >= 0.6 is 0 Å². The van der Waals surface area contributed by atoms with E-state index in [1.54, 1.807) is 50.0 Å². The average Bonchev–Trinajstić information content (AvgIpc) is 3.02. The Labute approximate surface area is 137 Å². The number of anilines is 1. The first-order valence-corrected chi connectivity index (χ1v) is 7.38. The highest BCUT2D eigenvalue weighted by Gasteiger charge is 2.39. The zero-order valence-corrected chi connectivity index (χ0v) is 13.4. The van der Waals surface area contributed by atoms with Crippen LogP contribution < -0.4 is 9.64 Å². The van der Waals surface area contributed by atoms with E-state index in [0.717, 1.165) is 4.90 Å². The normalized spacial score (nSPS) is 13.7. The molecule has 24 heavy (non-hydrogen) atoms. The molecule has 7 heteroatoms. The van der Waals surface area contributed by atoms with Gasteiger partial charge in [-0.2, -0.15) is 5.10 Å². The average molecular weight is 322 g/mol. The smallest absolute Gasteiger partial charge is 0.267 e. The molecule has 0 N–H and O–H groups in total. The number of ether oxygens (including phenoxy) is 1. The lowest BCUT2D eigenvalue weighted by molar-refractivity contribution is 0.0926. The third-order valence-electron chi connectivity index (χ3n) is 4.21. The van der Waals surface area contributed by atoms with Gasteiger partial charge in [0.2, 0.25) is 0 Å². The lowest BCUT2D eigenvalue weighted by atomic mass is 10.1. The number of hydrogen-bond acceptors (Lipinski definition) is 5. The lowest BCUT2D eigenvalue weighted by Crippen LogP contribution is -2.29. The topological polar surface area (TPSA) is 77.3 Å². The second-order valence-corrected chi connectivity index (χ2v) is 5.60. The van der Waals surface area contributed by atoms with Crippen molar-refractivity contribution in [3.63, 3.8) is 0 Å². The fraction of sp³-hybridized carbons (Fsp3) is 0.176. The molecule has 0 radical (unpaired) electrons. The third-order valence-corrected chi connectivity index (χ3v) is 4.21. The van der Waals surface area contributed by atoms with E-state index in [4.69, 9.17) is 4.74 Å². The number of aromatic nitrogens is 3. The molecule has 0 atom stereocenters. The van der Waals surface area contributed by atoms with Gasteiger partial charge in [0.05, 0.1) is 35.0 Å². The Hall–Kier alpha value is -3.22. The number of fused-ring (bicyclic) bond motifs is 3. The summed E-state index contributed by atoms with van der Waals surface area (Å²) < 4.78 is 6.72. The van der Waals surface area contributed by atoms with Gasteiger partial charge >= 0.3 is 0 Å². The molecule has 0 fully saturated rings. The summed E-state index contributed by atoms with van der Waals surface area (Å²) in [5, 5.41) is 4.93. The van der Waals surface area contributed by atoms with Gasteiger partial charge in [0, 0.05) is 13.2 Å². The Kier molecular flexibility index (Phi) is 2.93. The van der Waals surface area contributed by atoms with E-state index in [1.807, 2.05) is 0 Å². The van der Waals surface area contributed by atoms with Crippen LogP contribution in [0.4, 0.5) is 5.69 Å². The van der Waals surface area contributed by atoms with Crippen molar-refractivity contribution >= 4 is 28.5 Å². The van der Waals surface area contributed by atoms with E-state index >= 15 is 0 Å². The molecule has 2 amide bonds. The van der Waals surface area contributed by atoms with E-state index in [9.17, 15) is 9.59 Å². The number of pyridine rings is 1. The maximum atomic E-state index is 12.9. The van der Waals surface area contributed by atoms with Gasteiger partial charge < -0.3 is 4.74 Å². The van der Waals surface area contributed by atoms with Gasteiger partial charge in [0.15, 0.2) is 5.65 Å². The van der Waals surface area contributed by atoms with E-state index in [2.05, 4.69) is 10.1 Å². The summed E-state index contributed by atoms with van der Waals surface area (Å²) in [5.74, 6) is -0.0796. The summed E-state index contributed by atoms with van der Waals surface area (Å²) in [4.78, 5) is 31.1. The highest BCUT2D eigenvalue weighted by atomic mass is 16.5. The second kappa shape index (κ2) is 4.89. The molecule has 0 saturated heterocycles. The fourth-order valence-corrected chi connectivity index (χ4v) is 3.09. The van der Waals surface area contributed by atoms with Crippen molar-refractivity contribution in [2.45, 2.75) is 6.92 Å².